The molecule has 0 saturated heterocycles. The van der Waals surface area contributed by atoms with Gasteiger partial charge in [0.25, 0.3) is 5.69 Å². The topological polar surface area (TPSA) is 125 Å². The molecule has 0 aliphatic rings. The fourth-order valence-electron chi connectivity index (χ4n) is 2.37. The Labute approximate surface area is 168 Å². The van der Waals surface area contributed by atoms with Crippen LogP contribution in [0.25, 0.3) is 0 Å². The van der Waals surface area contributed by atoms with Gasteiger partial charge in [0.15, 0.2) is 5.16 Å². The smallest absolute Gasteiger partial charge is 0.343 e. The van der Waals surface area contributed by atoms with Crippen LogP contribution in [0.1, 0.15) is 27.4 Å². The maximum absolute atomic E-state index is 12.2. The van der Waals surface area contributed by atoms with Crippen molar-refractivity contribution in [2.24, 2.45) is 0 Å². The molecule has 1 aromatic carbocycles. The van der Waals surface area contributed by atoms with Crippen molar-refractivity contribution in [1.29, 1.82) is 0 Å². The summed E-state index contributed by atoms with van der Waals surface area (Å²) in [4.78, 5) is 43.1. The largest absolute Gasteiger partial charge is 0.464 e. The summed E-state index contributed by atoms with van der Waals surface area (Å²) in [6, 6.07) is 6.81. The summed E-state index contributed by atoms with van der Waals surface area (Å²) in [5.41, 5.74) is 0.586. The van der Waals surface area contributed by atoms with Crippen LogP contribution in [-0.2, 0) is 5.75 Å². The highest BCUT2D eigenvalue weighted by Crippen LogP contribution is 2.21. The molecule has 0 unspecified atom stereocenters. The second-order valence-electron chi connectivity index (χ2n) is 5.99. The second-order valence-corrected chi connectivity index (χ2v) is 6.93. The lowest BCUT2D eigenvalue weighted by Crippen LogP contribution is -2.15. The summed E-state index contributed by atoms with van der Waals surface area (Å²) in [5.74, 6) is -0.387. The van der Waals surface area contributed by atoms with Gasteiger partial charge in [-0.1, -0.05) is 11.8 Å². The normalized spacial score (nSPS) is 10.6. The lowest BCUT2D eigenvalue weighted by atomic mass is 10.1. The Bertz CT molecular complexity index is 1140. The molecular formula is C19H15N3O6S. The highest BCUT2D eigenvalue weighted by Gasteiger charge is 2.17. The van der Waals surface area contributed by atoms with E-state index >= 15 is 0 Å². The van der Waals surface area contributed by atoms with Crippen LogP contribution in [0.15, 0.2) is 57.2 Å². The van der Waals surface area contributed by atoms with Crippen LogP contribution in [0.3, 0.4) is 0 Å². The van der Waals surface area contributed by atoms with Crippen molar-refractivity contribution >= 4 is 23.4 Å². The first-order chi connectivity index (χ1) is 13.8. The number of thioether (sulfide) groups is 1. The molecule has 3 aromatic rings. The van der Waals surface area contributed by atoms with E-state index in [9.17, 15) is 19.7 Å². The number of hydrogen-bond donors (Lipinski definition) is 0. The first-order valence-corrected chi connectivity index (χ1v) is 9.33. The lowest BCUT2D eigenvalue weighted by Gasteiger charge is -2.05. The molecule has 0 aliphatic heterocycles. The molecule has 148 valence electrons. The summed E-state index contributed by atoms with van der Waals surface area (Å²) in [5, 5.41) is 11.4. The van der Waals surface area contributed by atoms with E-state index in [1.807, 2.05) is 6.92 Å². The van der Waals surface area contributed by atoms with Crippen molar-refractivity contribution in [2.45, 2.75) is 24.8 Å². The van der Waals surface area contributed by atoms with Crippen molar-refractivity contribution < 1.29 is 18.9 Å². The van der Waals surface area contributed by atoms with Crippen LogP contribution in [0.4, 0.5) is 5.69 Å². The Kier molecular flexibility index (Phi) is 6.03. The number of hydrogen-bond acceptors (Lipinski definition) is 9. The maximum Gasteiger partial charge on any atom is 0.343 e. The van der Waals surface area contributed by atoms with Gasteiger partial charge < -0.3 is 9.15 Å². The van der Waals surface area contributed by atoms with Gasteiger partial charge in [0.2, 0.25) is 11.2 Å². The van der Waals surface area contributed by atoms with Crippen LogP contribution in [0.5, 0.6) is 5.75 Å². The van der Waals surface area contributed by atoms with Gasteiger partial charge >= 0.3 is 5.97 Å². The molecule has 0 N–H and O–H groups in total. The SMILES string of the molecule is Cc1ccnc(SCc2cc(=O)c(OC(=O)c3ccc([N+](=O)[O-])c(C)c3)co2)n1. The van der Waals surface area contributed by atoms with E-state index in [1.54, 1.807) is 12.3 Å². The van der Waals surface area contributed by atoms with Crippen molar-refractivity contribution in [3.05, 3.63) is 85.7 Å². The molecule has 29 heavy (non-hydrogen) atoms. The van der Waals surface area contributed by atoms with E-state index in [-0.39, 0.29) is 17.0 Å². The zero-order chi connectivity index (χ0) is 21.0. The lowest BCUT2D eigenvalue weighted by molar-refractivity contribution is -0.385. The minimum absolute atomic E-state index is 0.0868. The van der Waals surface area contributed by atoms with Crippen LogP contribution in [-0.4, -0.2) is 20.9 Å². The van der Waals surface area contributed by atoms with E-state index in [1.165, 1.54) is 43.0 Å². The van der Waals surface area contributed by atoms with Gasteiger partial charge in [0.05, 0.1) is 16.2 Å². The summed E-state index contributed by atoms with van der Waals surface area (Å²) in [7, 11) is 0. The highest BCUT2D eigenvalue weighted by atomic mass is 32.2. The average molecular weight is 413 g/mol. The first-order valence-electron chi connectivity index (χ1n) is 8.35. The number of aryl methyl sites for hydroxylation is 2. The molecule has 0 fully saturated rings. The Morgan fingerprint density at radius 3 is 2.72 bits per heavy atom. The zero-order valence-electron chi connectivity index (χ0n) is 15.4. The summed E-state index contributed by atoms with van der Waals surface area (Å²) in [6.07, 6.45) is 2.70. The zero-order valence-corrected chi connectivity index (χ0v) is 16.3. The fourth-order valence-corrected chi connectivity index (χ4v) is 3.13. The summed E-state index contributed by atoms with van der Waals surface area (Å²) < 4.78 is 10.4. The van der Waals surface area contributed by atoms with Gasteiger partial charge in [-0.05, 0) is 32.0 Å². The maximum atomic E-state index is 12.2. The Morgan fingerprint density at radius 1 is 1.28 bits per heavy atom. The van der Waals surface area contributed by atoms with Crippen LogP contribution in [0, 0.1) is 24.0 Å². The van der Waals surface area contributed by atoms with Crippen LogP contribution in [0.2, 0.25) is 0 Å². The number of rotatable bonds is 6. The highest BCUT2D eigenvalue weighted by molar-refractivity contribution is 7.98. The van der Waals surface area contributed by atoms with E-state index < -0.39 is 16.3 Å². The van der Waals surface area contributed by atoms with E-state index in [4.69, 9.17) is 9.15 Å². The van der Waals surface area contributed by atoms with Crippen LogP contribution < -0.4 is 10.2 Å². The number of carbonyl (C=O) groups is 1. The quantitative estimate of drug-likeness (QED) is 0.196. The molecule has 0 saturated carbocycles. The van der Waals surface area contributed by atoms with Crippen LogP contribution >= 0.6 is 11.8 Å². The van der Waals surface area contributed by atoms with Crippen molar-refractivity contribution in [3.63, 3.8) is 0 Å². The molecule has 9 nitrogen and oxygen atoms in total. The molecule has 0 amide bonds. The monoisotopic (exact) mass is 413 g/mol. The molecule has 0 aliphatic carbocycles. The predicted octanol–water partition coefficient (Wildman–Crippen LogP) is 3.47. The predicted molar refractivity (Wildman–Crippen MR) is 104 cm³/mol. The van der Waals surface area contributed by atoms with Crippen molar-refractivity contribution in [1.82, 2.24) is 9.97 Å². The first kappa shape index (κ1) is 20.2. The van der Waals surface area contributed by atoms with E-state index in [0.29, 0.717) is 22.2 Å². The average Bonchev–Trinajstić information content (AvgIpc) is 2.68. The molecule has 10 heteroatoms. The standard InChI is InChI=1S/C19H15N3O6S/c1-11-7-13(3-4-15(11)22(25)26)18(24)28-17-9-27-14(8-16(17)23)10-29-19-20-6-5-12(2)21-19/h3-9H,10H2,1-2H3. The molecule has 0 radical (unpaired) electrons. The molecular weight excluding hydrogens is 398 g/mol. The van der Waals surface area contributed by atoms with Gasteiger partial charge in [0.1, 0.15) is 12.0 Å². The van der Waals surface area contributed by atoms with Gasteiger partial charge in [-0.25, -0.2) is 14.8 Å². The number of nitrogens with zero attached hydrogens (tertiary/aromatic N) is 3. The molecule has 0 spiro atoms. The number of esters is 1. The van der Waals surface area contributed by atoms with Crippen molar-refractivity contribution in [2.75, 3.05) is 0 Å². The Morgan fingerprint density at radius 2 is 2.07 bits per heavy atom. The molecule has 3 rings (SSSR count). The second kappa shape index (κ2) is 8.65. The number of benzene rings is 1. The number of carbonyl (C=O) groups excluding carboxylic acids is 1. The number of ether oxygens (including phenoxy) is 1. The van der Waals surface area contributed by atoms with Gasteiger partial charge in [0, 0.05) is 29.6 Å². The van der Waals surface area contributed by atoms with Gasteiger partial charge in [-0.15, -0.1) is 0 Å². The molecule has 0 bridgehead atoms. The fraction of sp³-hybridized carbons (Fsp3) is 0.158. The Hall–Kier alpha value is -3.53. The number of nitro groups is 1. The number of aromatic nitrogens is 2. The molecule has 2 heterocycles. The third kappa shape index (κ3) is 5.05. The van der Waals surface area contributed by atoms with E-state index in [2.05, 4.69) is 9.97 Å². The number of nitro benzene ring substituents is 1. The van der Waals surface area contributed by atoms with Crippen molar-refractivity contribution in [3.8, 4) is 5.75 Å². The van der Waals surface area contributed by atoms with E-state index in [0.717, 1.165) is 12.0 Å². The molecule has 2 aromatic heterocycles. The minimum Gasteiger partial charge on any atom is -0.464 e. The third-order valence-electron chi connectivity index (χ3n) is 3.80. The molecule has 0 atom stereocenters. The van der Waals surface area contributed by atoms with Gasteiger partial charge in [-0.2, -0.15) is 0 Å². The summed E-state index contributed by atoms with van der Waals surface area (Å²) >= 11 is 1.30. The van der Waals surface area contributed by atoms with Gasteiger partial charge in [-0.3, -0.25) is 14.9 Å². The minimum atomic E-state index is -0.814. The summed E-state index contributed by atoms with van der Waals surface area (Å²) in [6.45, 7) is 3.36. The Balaban J connectivity index is 1.69. The third-order valence-corrected chi connectivity index (χ3v) is 4.68.